The number of fused-ring (bicyclic) bond motifs is 1. The van der Waals surface area contributed by atoms with Gasteiger partial charge in [-0.2, -0.15) is 0 Å². The third kappa shape index (κ3) is 6.29. The second-order valence-corrected chi connectivity index (χ2v) is 25.5. The molecule has 2 aromatic rings. The number of aliphatic hydroxyl groups excluding tert-OH is 1. The van der Waals surface area contributed by atoms with Gasteiger partial charge in [-0.25, -0.2) is 8.78 Å². The average molecular weight is 674 g/mol. The van der Waals surface area contributed by atoms with Gasteiger partial charge in [0.2, 0.25) is 0 Å². The monoisotopic (exact) mass is 673 g/mol. The van der Waals surface area contributed by atoms with Gasteiger partial charge in [-0.05, 0) is 82.6 Å². The van der Waals surface area contributed by atoms with Gasteiger partial charge in [0.15, 0.2) is 8.32 Å². The maximum atomic E-state index is 15.2. The minimum atomic E-state index is -2.24. The van der Waals surface area contributed by atoms with E-state index in [-0.39, 0.29) is 33.2 Å². The Morgan fingerprint density at radius 3 is 2.05 bits per heavy atom. The number of aliphatic hydroxyl groups is 1. The lowest BCUT2D eigenvalue weighted by Gasteiger charge is -2.44. The molecule has 1 heterocycles. The van der Waals surface area contributed by atoms with E-state index in [2.05, 4.69) is 70.3 Å². The molecule has 2 atom stereocenters. The molecule has 1 aliphatic carbocycles. The fraction of sp³-hybridized carbons (Fsp3) is 0.633. The third-order valence-electron chi connectivity index (χ3n) is 8.21. The van der Waals surface area contributed by atoms with Crippen LogP contribution in [-0.2, 0) is 10.8 Å². The standard InChI is InChI=1S/C30H46F2INO2Si2/c1-17(2)26-24(27(35)18-13-19(31)28(20(32)14-18)37(8,9)10)25(33)23-21(34-26)15-30(6,7)16-22(23)36-38(11,12)29(3,4)5/h13-14,17,22,27,35H,15-16H2,1-12H3/t22?,27-/m1/s1. The first-order valence-electron chi connectivity index (χ1n) is 13.6. The highest BCUT2D eigenvalue weighted by Crippen LogP contribution is 2.50. The zero-order chi connectivity index (χ0) is 29.2. The van der Waals surface area contributed by atoms with Crippen LogP contribution in [0.2, 0.25) is 37.8 Å². The predicted molar refractivity (Wildman–Crippen MR) is 168 cm³/mol. The summed E-state index contributed by atoms with van der Waals surface area (Å²) in [7, 11) is -4.36. The van der Waals surface area contributed by atoms with Crippen molar-refractivity contribution >= 4 is 44.2 Å². The smallest absolute Gasteiger partial charge is 0.192 e. The summed E-state index contributed by atoms with van der Waals surface area (Å²) in [4.78, 5) is 5.15. The number of halogens is 3. The van der Waals surface area contributed by atoms with Gasteiger partial charge in [-0.1, -0.05) is 68.1 Å². The molecule has 0 aliphatic heterocycles. The van der Waals surface area contributed by atoms with Gasteiger partial charge in [0.1, 0.15) is 17.7 Å². The van der Waals surface area contributed by atoms with Gasteiger partial charge >= 0.3 is 0 Å². The first-order chi connectivity index (χ1) is 17.1. The molecule has 1 unspecified atom stereocenters. The van der Waals surface area contributed by atoms with Crippen LogP contribution in [0.15, 0.2) is 12.1 Å². The Morgan fingerprint density at radius 1 is 1.08 bits per heavy atom. The van der Waals surface area contributed by atoms with E-state index in [9.17, 15) is 5.11 Å². The van der Waals surface area contributed by atoms with E-state index in [1.807, 2.05) is 33.5 Å². The van der Waals surface area contributed by atoms with Crippen LogP contribution in [0.3, 0.4) is 0 Å². The van der Waals surface area contributed by atoms with Crippen LogP contribution in [0.4, 0.5) is 8.78 Å². The number of pyridine rings is 1. The third-order valence-corrected chi connectivity index (χ3v) is 15.8. The summed E-state index contributed by atoms with van der Waals surface area (Å²) >= 11 is 2.32. The quantitative estimate of drug-likeness (QED) is 0.246. The summed E-state index contributed by atoms with van der Waals surface area (Å²) in [6.07, 6.45) is 0.332. The van der Waals surface area contributed by atoms with Crippen LogP contribution < -0.4 is 5.19 Å². The van der Waals surface area contributed by atoms with Crippen molar-refractivity contribution in [2.75, 3.05) is 0 Å². The summed E-state index contributed by atoms with van der Waals surface area (Å²) in [6, 6.07) is 2.63. The normalized spacial score (nSPS) is 19.0. The molecular formula is C30H46F2INO2Si2. The van der Waals surface area contributed by atoms with E-state index in [0.29, 0.717) is 5.56 Å². The molecule has 8 heteroatoms. The average Bonchev–Trinajstić information content (AvgIpc) is 2.68. The Balaban J connectivity index is 2.25. The van der Waals surface area contributed by atoms with Crippen molar-refractivity contribution < 1.29 is 18.3 Å². The molecule has 0 amide bonds. The Morgan fingerprint density at radius 2 is 1.61 bits per heavy atom. The van der Waals surface area contributed by atoms with Crippen LogP contribution >= 0.6 is 22.6 Å². The van der Waals surface area contributed by atoms with Crippen molar-refractivity contribution in [1.29, 1.82) is 0 Å². The first-order valence-corrected chi connectivity index (χ1v) is 21.1. The van der Waals surface area contributed by atoms with E-state index < -0.39 is 34.1 Å². The molecule has 0 saturated heterocycles. The summed E-state index contributed by atoms with van der Waals surface area (Å²) in [5.74, 6) is -1.13. The Bertz CT molecular complexity index is 1190. The molecule has 1 aromatic carbocycles. The summed E-state index contributed by atoms with van der Waals surface area (Å²) in [5.41, 5.74) is 3.71. The Labute approximate surface area is 244 Å². The molecule has 38 heavy (non-hydrogen) atoms. The molecule has 0 radical (unpaired) electrons. The maximum Gasteiger partial charge on any atom is 0.192 e. The number of hydrogen-bond donors (Lipinski definition) is 1. The van der Waals surface area contributed by atoms with Crippen LogP contribution in [0.1, 0.15) is 101 Å². The molecule has 0 fully saturated rings. The number of nitrogens with zero attached hydrogens (tertiary/aromatic N) is 1. The molecule has 1 N–H and O–H groups in total. The molecule has 3 nitrogen and oxygen atoms in total. The van der Waals surface area contributed by atoms with Gasteiger partial charge in [-0.15, -0.1) is 0 Å². The lowest BCUT2D eigenvalue weighted by atomic mass is 9.74. The van der Waals surface area contributed by atoms with Crippen molar-refractivity contribution in [3.8, 4) is 0 Å². The highest BCUT2D eigenvalue weighted by Gasteiger charge is 2.44. The van der Waals surface area contributed by atoms with E-state index >= 15 is 8.78 Å². The largest absolute Gasteiger partial charge is 0.410 e. The molecule has 1 aliphatic rings. The van der Waals surface area contributed by atoms with Gasteiger partial charge in [-0.3, -0.25) is 4.98 Å². The molecule has 212 valence electrons. The SMILES string of the molecule is CC(C)c1nc2c(c(I)c1[C@H](O)c1cc(F)c([Si](C)(C)C)c(F)c1)C(O[Si](C)(C)C(C)(C)C)CC(C)(C)C2. The molecule has 0 spiro atoms. The van der Waals surface area contributed by atoms with E-state index in [0.717, 1.165) is 33.4 Å². The first kappa shape index (κ1) is 31.8. The number of hydrogen-bond acceptors (Lipinski definition) is 3. The number of rotatable bonds is 6. The second kappa shape index (κ2) is 10.6. The van der Waals surface area contributed by atoms with Gasteiger partial charge < -0.3 is 9.53 Å². The fourth-order valence-electron chi connectivity index (χ4n) is 5.21. The highest BCUT2D eigenvalue weighted by molar-refractivity contribution is 14.1. The Kier molecular flexibility index (Phi) is 8.89. The number of aromatic nitrogens is 1. The van der Waals surface area contributed by atoms with Crippen LogP contribution in [0.25, 0.3) is 0 Å². The van der Waals surface area contributed by atoms with Crippen molar-refractivity contribution in [2.24, 2.45) is 5.41 Å². The topological polar surface area (TPSA) is 42.4 Å². The number of benzene rings is 1. The predicted octanol–water partition coefficient (Wildman–Crippen LogP) is 8.75. The fourth-order valence-corrected chi connectivity index (χ4v) is 9.28. The minimum Gasteiger partial charge on any atom is -0.410 e. The van der Waals surface area contributed by atoms with Crippen molar-refractivity contribution in [2.45, 2.75) is 117 Å². The van der Waals surface area contributed by atoms with Gasteiger partial charge in [0, 0.05) is 25.6 Å². The van der Waals surface area contributed by atoms with Gasteiger partial charge in [0.05, 0.1) is 19.9 Å². The summed E-state index contributed by atoms with van der Waals surface area (Å²) in [5, 5.41) is 11.9. The highest BCUT2D eigenvalue weighted by atomic mass is 127. The summed E-state index contributed by atoms with van der Waals surface area (Å²) in [6.45, 7) is 25.6. The molecule has 0 bridgehead atoms. The van der Waals surface area contributed by atoms with E-state index in [1.54, 1.807) is 0 Å². The maximum absolute atomic E-state index is 15.2. The second-order valence-electron chi connectivity index (χ2n) is 14.7. The van der Waals surface area contributed by atoms with Crippen molar-refractivity contribution in [1.82, 2.24) is 4.98 Å². The Hall–Kier alpha value is -0.686. The van der Waals surface area contributed by atoms with Crippen molar-refractivity contribution in [3.05, 3.63) is 55.4 Å². The molecule has 1 aromatic heterocycles. The van der Waals surface area contributed by atoms with Crippen LogP contribution in [0, 0.1) is 20.6 Å². The molecule has 0 saturated carbocycles. The van der Waals surface area contributed by atoms with Crippen LogP contribution in [0.5, 0.6) is 0 Å². The molecule has 3 rings (SSSR count). The summed E-state index contributed by atoms with van der Waals surface area (Å²) < 4.78 is 38.3. The van der Waals surface area contributed by atoms with E-state index in [1.165, 1.54) is 12.1 Å². The van der Waals surface area contributed by atoms with Crippen LogP contribution in [-0.4, -0.2) is 26.5 Å². The minimum absolute atomic E-state index is 0.0173. The zero-order valence-corrected chi connectivity index (χ0v) is 29.4. The zero-order valence-electron chi connectivity index (χ0n) is 25.2. The molecular weight excluding hydrogens is 627 g/mol. The lowest BCUT2D eigenvalue weighted by molar-refractivity contribution is 0.104. The van der Waals surface area contributed by atoms with Crippen molar-refractivity contribution in [3.63, 3.8) is 0 Å². The lowest BCUT2D eigenvalue weighted by Crippen LogP contribution is -2.44. The van der Waals surface area contributed by atoms with Gasteiger partial charge in [0.25, 0.3) is 0 Å². The van der Waals surface area contributed by atoms with E-state index in [4.69, 9.17) is 9.41 Å².